The maximum absolute atomic E-state index is 13.7. The molecule has 0 spiro atoms. The number of hydrogen-bond acceptors (Lipinski definition) is 3. The number of carboxylic acid groups (broad SMARTS) is 1. The summed E-state index contributed by atoms with van der Waals surface area (Å²) in [7, 11) is 0. The van der Waals surface area contributed by atoms with Crippen LogP contribution in [0.5, 0.6) is 0 Å². The Balaban J connectivity index is 2.62. The summed E-state index contributed by atoms with van der Waals surface area (Å²) in [4.78, 5) is 14.6. The molecule has 2 rings (SSSR count). The fourth-order valence-electron chi connectivity index (χ4n) is 1.69. The van der Waals surface area contributed by atoms with Gasteiger partial charge >= 0.3 is 5.97 Å². The Kier molecular flexibility index (Phi) is 3.73. The second kappa shape index (κ2) is 5.32. The van der Waals surface area contributed by atoms with Gasteiger partial charge in [0.1, 0.15) is 11.5 Å². The highest BCUT2D eigenvalue weighted by atomic mass is 19.2. The molecular weight excluding hydrogens is 275 g/mol. The van der Waals surface area contributed by atoms with Gasteiger partial charge in [-0.3, -0.25) is 0 Å². The fraction of sp³-hybridized carbons (Fsp3) is 0.250. The lowest BCUT2D eigenvalue weighted by Gasteiger charge is -2.07. The number of rotatable bonds is 4. The van der Waals surface area contributed by atoms with Gasteiger partial charge in [0.25, 0.3) is 5.82 Å². The predicted molar refractivity (Wildman–Crippen MR) is 62.2 cm³/mol. The molecule has 0 aliphatic carbocycles. The van der Waals surface area contributed by atoms with Crippen molar-refractivity contribution in [1.29, 1.82) is 0 Å². The molecule has 0 radical (unpaired) electrons. The van der Waals surface area contributed by atoms with E-state index in [1.165, 1.54) is 0 Å². The molecule has 1 aromatic carbocycles. The Bertz CT molecular complexity index is 670. The Morgan fingerprint density at radius 2 is 2.00 bits per heavy atom. The Morgan fingerprint density at radius 1 is 1.30 bits per heavy atom. The zero-order chi connectivity index (χ0) is 14.9. The number of halogens is 3. The summed E-state index contributed by atoms with van der Waals surface area (Å²) >= 11 is 0. The molecule has 1 heterocycles. The van der Waals surface area contributed by atoms with Gasteiger partial charge in [-0.1, -0.05) is 6.92 Å². The average Bonchev–Trinajstić information content (AvgIpc) is 2.81. The number of benzene rings is 1. The molecule has 0 bridgehead atoms. The highest BCUT2D eigenvalue weighted by Crippen LogP contribution is 2.20. The maximum Gasteiger partial charge on any atom is 0.375 e. The molecule has 8 heteroatoms. The van der Waals surface area contributed by atoms with Crippen LogP contribution in [0.4, 0.5) is 13.2 Å². The van der Waals surface area contributed by atoms with Crippen LogP contribution in [-0.2, 0) is 6.42 Å². The molecule has 106 valence electrons. The molecule has 1 N–H and O–H groups in total. The van der Waals surface area contributed by atoms with Crippen LogP contribution in [0.1, 0.15) is 29.8 Å². The number of aromatic nitrogens is 3. The summed E-state index contributed by atoms with van der Waals surface area (Å²) in [5.41, 5.74) is -0.382. The number of carbonyl (C=O) groups is 1. The topological polar surface area (TPSA) is 68.0 Å². The van der Waals surface area contributed by atoms with Crippen LogP contribution in [0.15, 0.2) is 12.1 Å². The van der Waals surface area contributed by atoms with Gasteiger partial charge in [0.05, 0.1) is 0 Å². The average molecular weight is 285 g/mol. The monoisotopic (exact) mass is 285 g/mol. The van der Waals surface area contributed by atoms with E-state index in [-0.39, 0.29) is 11.5 Å². The summed E-state index contributed by atoms with van der Waals surface area (Å²) in [6, 6.07) is 1.72. The van der Waals surface area contributed by atoms with Crippen molar-refractivity contribution in [3.05, 3.63) is 41.2 Å². The van der Waals surface area contributed by atoms with Gasteiger partial charge in [-0.2, -0.15) is 0 Å². The maximum atomic E-state index is 13.7. The van der Waals surface area contributed by atoms with Crippen LogP contribution < -0.4 is 0 Å². The van der Waals surface area contributed by atoms with Crippen LogP contribution in [0, 0.1) is 17.5 Å². The van der Waals surface area contributed by atoms with Crippen LogP contribution in [0.3, 0.4) is 0 Å². The van der Waals surface area contributed by atoms with E-state index in [0.29, 0.717) is 12.8 Å². The first kappa shape index (κ1) is 14.0. The predicted octanol–water partition coefficient (Wildman–Crippen LogP) is 2.34. The lowest BCUT2D eigenvalue weighted by Crippen LogP contribution is -2.08. The zero-order valence-corrected chi connectivity index (χ0v) is 10.4. The number of aromatic carboxylic acids is 1. The van der Waals surface area contributed by atoms with Crippen molar-refractivity contribution in [2.45, 2.75) is 19.8 Å². The lowest BCUT2D eigenvalue weighted by atomic mass is 10.2. The van der Waals surface area contributed by atoms with Gasteiger partial charge in [0.2, 0.25) is 0 Å². The van der Waals surface area contributed by atoms with E-state index in [0.717, 1.165) is 16.8 Å². The molecule has 0 saturated carbocycles. The van der Waals surface area contributed by atoms with Crippen molar-refractivity contribution in [1.82, 2.24) is 14.8 Å². The van der Waals surface area contributed by atoms with Crippen LogP contribution >= 0.6 is 0 Å². The Labute approximate surface area is 111 Å². The minimum absolute atomic E-state index is 0.162. The summed E-state index contributed by atoms with van der Waals surface area (Å²) in [6.07, 6.45) is 0.918. The van der Waals surface area contributed by atoms with E-state index in [1.807, 2.05) is 0 Å². The molecule has 20 heavy (non-hydrogen) atoms. The van der Waals surface area contributed by atoms with Crippen LogP contribution in [0.25, 0.3) is 5.69 Å². The third-order valence-corrected chi connectivity index (χ3v) is 2.58. The molecule has 0 atom stereocenters. The van der Waals surface area contributed by atoms with Crippen molar-refractivity contribution >= 4 is 5.97 Å². The summed E-state index contributed by atoms with van der Waals surface area (Å²) in [5, 5.41) is 12.4. The summed E-state index contributed by atoms with van der Waals surface area (Å²) < 4.78 is 40.7. The Morgan fingerprint density at radius 3 is 2.60 bits per heavy atom. The molecule has 5 nitrogen and oxygen atoms in total. The minimum atomic E-state index is -1.64. The molecule has 0 aliphatic heterocycles. The number of nitrogens with zero attached hydrogens (tertiary/aromatic N) is 3. The first-order chi connectivity index (χ1) is 9.45. The van der Waals surface area contributed by atoms with Crippen molar-refractivity contribution < 1.29 is 23.1 Å². The van der Waals surface area contributed by atoms with Gasteiger partial charge in [0.15, 0.2) is 17.5 Å². The molecular formula is C12H10F3N3O2. The van der Waals surface area contributed by atoms with E-state index in [1.54, 1.807) is 6.92 Å². The second-order valence-electron chi connectivity index (χ2n) is 4.01. The normalized spacial score (nSPS) is 10.8. The van der Waals surface area contributed by atoms with E-state index >= 15 is 0 Å². The molecule has 0 fully saturated rings. The van der Waals surface area contributed by atoms with Crippen LogP contribution in [0.2, 0.25) is 0 Å². The standard InChI is InChI=1S/C12H10F3N3O2/c1-2-3-8-16-11(12(19)20)17-18(8)7-5-4-6(13)9(14)10(7)15/h4-5H,2-3H2,1H3,(H,19,20). The SMILES string of the molecule is CCCc1nc(C(=O)O)nn1-c1ccc(F)c(F)c1F. The van der Waals surface area contributed by atoms with Gasteiger partial charge in [-0.25, -0.2) is 27.6 Å². The first-order valence-electron chi connectivity index (χ1n) is 5.78. The number of aryl methyl sites for hydroxylation is 1. The lowest BCUT2D eigenvalue weighted by molar-refractivity contribution is 0.0683. The molecule has 0 amide bonds. The van der Waals surface area contributed by atoms with Gasteiger partial charge in [0, 0.05) is 6.42 Å². The van der Waals surface area contributed by atoms with Gasteiger partial charge < -0.3 is 5.11 Å². The highest BCUT2D eigenvalue weighted by Gasteiger charge is 2.21. The minimum Gasteiger partial charge on any atom is -0.475 e. The molecule has 0 saturated heterocycles. The third kappa shape index (κ3) is 2.36. The zero-order valence-electron chi connectivity index (χ0n) is 10.4. The fourth-order valence-corrected chi connectivity index (χ4v) is 1.69. The van der Waals surface area contributed by atoms with Crippen molar-refractivity contribution in [2.24, 2.45) is 0 Å². The van der Waals surface area contributed by atoms with E-state index in [9.17, 15) is 18.0 Å². The van der Waals surface area contributed by atoms with Gasteiger partial charge in [-0.15, -0.1) is 5.10 Å². The molecule has 1 aromatic heterocycles. The van der Waals surface area contributed by atoms with Crippen molar-refractivity contribution in [3.63, 3.8) is 0 Å². The molecule has 0 unspecified atom stereocenters. The van der Waals surface area contributed by atoms with Crippen LogP contribution in [-0.4, -0.2) is 25.8 Å². The van der Waals surface area contributed by atoms with Gasteiger partial charge in [-0.05, 0) is 18.6 Å². The Hall–Kier alpha value is -2.38. The third-order valence-electron chi connectivity index (χ3n) is 2.58. The molecule has 0 aliphatic rings. The van der Waals surface area contributed by atoms with E-state index in [2.05, 4.69) is 10.1 Å². The first-order valence-corrected chi connectivity index (χ1v) is 5.78. The van der Waals surface area contributed by atoms with Crippen molar-refractivity contribution in [2.75, 3.05) is 0 Å². The quantitative estimate of drug-likeness (QED) is 0.875. The second-order valence-corrected chi connectivity index (χ2v) is 4.01. The summed E-state index contributed by atoms with van der Waals surface area (Å²) in [6.45, 7) is 1.81. The van der Waals surface area contributed by atoms with E-state index in [4.69, 9.17) is 5.11 Å². The molecule has 2 aromatic rings. The largest absolute Gasteiger partial charge is 0.475 e. The summed E-state index contributed by atoms with van der Waals surface area (Å²) in [5.74, 6) is -6.17. The number of carboxylic acids is 1. The highest BCUT2D eigenvalue weighted by molar-refractivity contribution is 5.83. The van der Waals surface area contributed by atoms with Crippen molar-refractivity contribution in [3.8, 4) is 5.69 Å². The smallest absolute Gasteiger partial charge is 0.375 e. The van der Waals surface area contributed by atoms with E-state index < -0.39 is 29.2 Å². The number of hydrogen-bond donors (Lipinski definition) is 1.